The van der Waals surface area contributed by atoms with Gasteiger partial charge in [0.1, 0.15) is 0 Å². The van der Waals surface area contributed by atoms with Gasteiger partial charge in [-0.25, -0.2) is 0 Å². The van der Waals surface area contributed by atoms with Gasteiger partial charge in [0, 0.05) is 23.8 Å². The minimum absolute atomic E-state index is 0.100. The quantitative estimate of drug-likeness (QED) is 0.653. The Balaban J connectivity index is 2.35. The van der Waals surface area contributed by atoms with Crippen LogP contribution in [0.2, 0.25) is 0 Å². The smallest absolute Gasteiger partial charge is 0.0454 e. The fraction of sp³-hybridized carbons (Fsp3) is 0.294. The van der Waals surface area contributed by atoms with Crippen molar-refractivity contribution < 1.29 is 0 Å². The van der Waals surface area contributed by atoms with E-state index in [1.165, 1.54) is 27.7 Å². The lowest BCUT2D eigenvalue weighted by Crippen LogP contribution is -2.22. The van der Waals surface area contributed by atoms with Gasteiger partial charge in [0.25, 0.3) is 0 Å². The monoisotopic (exact) mass is 237 g/mol. The standard InChI is InChI=1S/C17H19N/c1-5-16-17(2,3)14-10-12-8-6-7-9-13(12)11-15(14)18(16)4/h5-11H,1-4H3/b16-5+. The molecule has 0 aliphatic carbocycles. The number of benzene rings is 2. The Morgan fingerprint density at radius 3 is 2.28 bits per heavy atom. The van der Waals surface area contributed by atoms with Crippen LogP contribution in [0.25, 0.3) is 10.8 Å². The maximum atomic E-state index is 2.34. The maximum absolute atomic E-state index is 2.34. The SMILES string of the molecule is C/C=C1/N(C)c2cc3ccccc3cc2C1(C)C. The third-order valence-corrected chi connectivity index (χ3v) is 4.17. The second kappa shape index (κ2) is 3.61. The minimum Gasteiger partial charge on any atom is -0.347 e. The molecule has 1 nitrogen and oxygen atoms in total. The van der Waals surface area contributed by atoms with Crippen LogP contribution >= 0.6 is 0 Å². The largest absolute Gasteiger partial charge is 0.347 e. The van der Waals surface area contributed by atoms with E-state index in [0.29, 0.717) is 0 Å². The number of rotatable bonds is 0. The highest BCUT2D eigenvalue weighted by molar-refractivity contribution is 5.90. The predicted molar refractivity (Wildman–Crippen MR) is 79.1 cm³/mol. The Morgan fingerprint density at radius 2 is 1.67 bits per heavy atom. The number of likely N-dealkylation sites (N-methyl/N-ethyl adjacent to an activating group) is 1. The van der Waals surface area contributed by atoms with Crippen LogP contribution in [0.4, 0.5) is 5.69 Å². The average molecular weight is 237 g/mol. The summed E-state index contributed by atoms with van der Waals surface area (Å²) in [6.45, 7) is 6.73. The van der Waals surface area contributed by atoms with Crippen molar-refractivity contribution in [1.29, 1.82) is 0 Å². The fourth-order valence-electron chi connectivity index (χ4n) is 3.25. The first-order valence-corrected chi connectivity index (χ1v) is 6.49. The van der Waals surface area contributed by atoms with Crippen molar-refractivity contribution in [3.8, 4) is 0 Å². The Kier molecular flexibility index (Phi) is 2.28. The van der Waals surface area contributed by atoms with Crippen LogP contribution in [-0.4, -0.2) is 7.05 Å². The summed E-state index contributed by atoms with van der Waals surface area (Å²) in [5.74, 6) is 0. The summed E-state index contributed by atoms with van der Waals surface area (Å²) in [5.41, 5.74) is 4.25. The van der Waals surface area contributed by atoms with Crippen molar-refractivity contribution in [1.82, 2.24) is 0 Å². The third kappa shape index (κ3) is 1.34. The fourth-order valence-corrected chi connectivity index (χ4v) is 3.25. The van der Waals surface area contributed by atoms with Gasteiger partial charge in [-0.1, -0.05) is 44.2 Å². The Bertz CT molecular complexity index is 650. The highest BCUT2D eigenvalue weighted by Gasteiger charge is 2.37. The number of hydrogen-bond acceptors (Lipinski definition) is 1. The van der Waals surface area contributed by atoms with E-state index in [2.05, 4.69) is 75.2 Å². The van der Waals surface area contributed by atoms with Gasteiger partial charge < -0.3 is 4.90 Å². The highest BCUT2D eigenvalue weighted by Crippen LogP contribution is 2.48. The van der Waals surface area contributed by atoms with Gasteiger partial charge in [0.05, 0.1) is 0 Å². The molecular weight excluding hydrogens is 218 g/mol. The number of hydrogen-bond donors (Lipinski definition) is 0. The summed E-state index contributed by atoms with van der Waals surface area (Å²) in [5, 5.41) is 2.64. The van der Waals surface area contributed by atoms with Crippen molar-refractivity contribution in [2.45, 2.75) is 26.2 Å². The van der Waals surface area contributed by atoms with Crippen LogP contribution in [0.3, 0.4) is 0 Å². The minimum atomic E-state index is 0.100. The highest BCUT2D eigenvalue weighted by atomic mass is 15.2. The van der Waals surface area contributed by atoms with E-state index in [-0.39, 0.29) is 5.41 Å². The normalized spacial score (nSPS) is 19.6. The molecule has 0 bridgehead atoms. The van der Waals surface area contributed by atoms with Crippen LogP contribution in [0.1, 0.15) is 26.3 Å². The molecule has 3 rings (SSSR count). The molecular formula is C17H19N. The van der Waals surface area contributed by atoms with E-state index in [4.69, 9.17) is 0 Å². The zero-order valence-electron chi connectivity index (χ0n) is 11.5. The zero-order valence-corrected chi connectivity index (χ0v) is 11.5. The second-order valence-corrected chi connectivity index (χ2v) is 5.57. The molecule has 0 unspecified atom stereocenters. The molecule has 1 heterocycles. The van der Waals surface area contributed by atoms with Crippen molar-refractivity contribution in [3.05, 3.63) is 53.7 Å². The van der Waals surface area contributed by atoms with E-state index in [9.17, 15) is 0 Å². The van der Waals surface area contributed by atoms with Crippen molar-refractivity contribution in [2.24, 2.45) is 0 Å². The van der Waals surface area contributed by atoms with E-state index >= 15 is 0 Å². The van der Waals surface area contributed by atoms with Crippen LogP contribution in [-0.2, 0) is 5.41 Å². The molecule has 1 heteroatoms. The first-order chi connectivity index (χ1) is 8.55. The summed E-state index contributed by atoms with van der Waals surface area (Å²) >= 11 is 0. The van der Waals surface area contributed by atoms with Crippen LogP contribution in [0, 0.1) is 0 Å². The average Bonchev–Trinajstić information content (AvgIpc) is 2.55. The molecule has 1 aliphatic rings. The molecule has 92 valence electrons. The number of fused-ring (bicyclic) bond motifs is 2. The molecule has 0 atom stereocenters. The van der Waals surface area contributed by atoms with E-state index in [0.717, 1.165) is 0 Å². The third-order valence-electron chi connectivity index (χ3n) is 4.17. The first kappa shape index (κ1) is 11.3. The number of anilines is 1. The van der Waals surface area contributed by atoms with Crippen molar-refractivity contribution >= 4 is 16.5 Å². The molecule has 2 aromatic carbocycles. The molecule has 0 aromatic heterocycles. The Labute approximate surface area is 109 Å². The molecule has 0 saturated heterocycles. The molecule has 0 radical (unpaired) electrons. The van der Waals surface area contributed by atoms with Gasteiger partial charge >= 0.3 is 0 Å². The molecule has 0 saturated carbocycles. The lowest BCUT2D eigenvalue weighted by molar-refractivity contribution is 0.639. The van der Waals surface area contributed by atoms with E-state index in [1.54, 1.807) is 0 Å². The molecule has 0 spiro atoms. The summed E-state index contributed by atoms with van der Waals surface area (Å²) in [7, 11) is 2.16. The molecule has 2 aromatic rings. The summed E-state index contributed by atoms with van der Waals surface area (Å²) in [4.78, 5) is 2.32. The molecule has 0 fully saturated rings. The van der Waals surface area contributed by atoms with Gasteiger partial charge in [-0.05, 0) is 35.4 Å². The van der Waals surface area contributed by atoms with Gasteiger partial charge in [-0.2, -0.15) is 0 Å². The van der Waals surface area contributed by atoms with Crippen molar-refractivity contribution in [2.75, 3.05) is 11.9 Å². The maximum Gasteiger partial charge on any atom is 0.0454 e. The summed E-state index contributed by atoms with van der Waals surface area (Å²) in [6.07, 6.45) is 2.23. The molecule has 18 heavy (non-hydrogen) atoms. The molecule has 0 N–H and O–H groups in total. The first-order valence-electron chi connectivity index (χ1n) is 6.49. The van der Waals surface area contributed by atoms with Gasteiger partial charge in [0.2, 0.25) is 0 Å². The molecule has 0 amide bonds. The Hall–Kier alpha value is -1.76. The topological polar surface area (TPSA) is 3.24 Å². The summed E-state index contributed by atoms with van der Waals surface area (Å²) in [6, 6.07) is 13.2. The van der Waals surface area contributed by atoms with Crippen LogP contribution in [0.5, 0.6) is 0 Å². The predicted octanol–water partition coefficient (Wildman–Crippen LogP) is 4.47. The van der Waals surface area contributed by atoms with Gasteiger partial charge in [-0.3, -0.25) is 0 Å². The summed E-state index contributed by atoms with van der Waals surface area (Å²) < 4.78 is 0. The van der Waals surface area contributed by atoms with Crippen LogP contribution < -0.4 is 4.90 Å². The van der Waals surface area contributed by atoms with Crippen molar-refractivity contribution in [3.63, 3.8) is 0 Å². The number of nitrogens with zero attached hydrogens (tertiary/aromatic N) is 1. The van der Waals surface area contributed by atoms with E-state index in [1.807, 2.05) is 0 Å². The van der Waals surface area contributed by atoms with Gasteiger partial charge in [-0.15, -0.1) is 0 Å². The lowest BCUT2D eigenvalue weighted by atomic mass is 9.83. The molecule has 1 aliphatic heterocycles. The Morgan fingerprint density at radius 1 is 1.06 bits per heavy atom. The van der Waals surface area contributed by atoms with E-state index < -0.39 is 0 Å². The number of allylic oxidation sites excluding steroid dienone is 2. The van der Waals surface area contributed by atoms with Gasteiger partial charge in [0.15, 0.2) is 0 Å². The lowest BCUT2D eigenvalue weighted by Gasteiger charge is -2.23. The zero-order chi connectivity index (χ0) is 12.9. The second-order valence-electron chi connectivity index (χ2n) is 5.57. The van der Waals surface area contributed by atoms with Crippen LogP contribution in [0.15, 0.2) is 48.2 Å².